The zero-order chi connectivity index (χ0) is 32.5. The van der Waals surface area contributed by atoms with Crippen LogP contribution in [0.3, 0.4) is 0 Å². The maximum atomic E-state index is 14.2. The van der Waals surface area contributed by atoms with Crippen molar-refractivity contribution in [2.75, 3.05) is 56.8 Å². The minimum Gasteiger partial charge on any atom is -0.490 e. The second-order valence-corrected chi connectivity index (χ2v) is 16.3. The van der Waals surface area contributed by atoms with Crippen LogP contribution in [0.1, 0.15) is 72.5 Å². The van der Waals surface area contributed by atoms with E-state index in [9.17, 15) is 13.8 Å². The Balaban J connectivity index is 1.43. The summed E-state index contributed by atoms with van der Waals surface area (Å²) in [6.45, 7) is 6.72. The predicted octanol–water partition coefficient (Wildman–Crippen LogP) is 5.95. The molecule has 248 valence electrons. The smallest absolute Gasteiger partial charge is 0.285 e. The standard InChI is InChI=1S/C37H49N3O5S/c1-5-39(3)35(41)23-46(43)19-8-6-7-11-33(44-4)30-15-13-29(30)22-40-24-37(18-9-10-27-20-26(2)12-16-31(27)37)25-45-34-17-14-28(21-32(34)40)36(42)38-46/h7,11-12,14,16-17,20-21,29-30,33H,5-6,8-10,13,15,18-19,22-25H2,1-4H3/b11-7+/t29-,30+,33-,37-,46+/m0/s1. The molecule has 0 unspecified atom stereocenters. The molecule has 46 heavy (non-hydrogen) atoms. The first-order valence-electron chi connectivity index (χ1n) is 17.0. The Bertz CT molecular complexity index is 1630. The molecule has 2 heterocycles. The molecule has 1 saturated carbocycles. The van der Waals surface area contributed by atoms with Crippen LogP contribution in [0.15, 0.2) is 52.9 Å². The highest BCUT2D eigenvalue weighted by molar-refractivity contribution is 7.94. The fourth-order valence-electron chi connectivity index (χ4n) is 7.83. The number of ether oxygens (including phenoxy) is 2. The maximum absolute atomic E-state index is 14.2. The second-order valence-electron chi connectivity index (χ2n) is 13.8. The van der Waals surface area contributed by atoms with Crippen molar-refractivity contribution in [3.63, 3.8) is 0 Å². The van der Waals surface area contributed by atoms with Crippen molar-refractivity contribution in [2.45, 2.75) is 70.3 Å². The lowest BCUT2D eigenvalue weighted by molar-refractivity contribution is -0.126. The van der Waals surface area contributed by atoms with Crippen LogP contribution in [0.2, 0.25) is 0 Å². The van der Waals surface area contributed by atoms with Gasteiger partial charge < -0.3 is 19.3 Å². The normalized spacial score (nSPS) is 30.1. The molecule has 6 rings (SSSR count). The van der Waals surface area contributed by atoms with Crippen molar-refractivity contribution < 1.29 is 23.3 Å². The van der Waals surface area contributed by atoms with E-state index in [2.05, 4.69) is 46.5 Å². The number of hydrogen-bond acceptors (Lipinski definition) is 6. The van der Waals surface area contributed by atoms with Gasteiger partial charge in [-0.15, -0.1) is 0 Å². The number of amides is 2. The van der Waals surface area contributed by atoms with E-state index < -0.39 is 15.6 Å². The summed E-state index contributed by atoms with van der Waals surface area (Å²) in [4.78, 5) is 30.6. The van der Waals surface area contributed by atoms with E-state index in [-0.39, 0.29) is 28.9 Å². The first-order valence-corrected chi connectivity index (χ1v) is 18.8. The molecule has 1 spiro atoms. The summed E-state index contributed by atoms with van der Waals surface area (Å²) in [5.74, 6) is 0.700. The third kappa shape index (κ3) is 6.63. The molecular weight excluding hydrogens is 598 g/mol. The third-order valence-corrected chi connectivity index (χ3v) is 12.9. The largest absolute Gasteiger partial charge is 0.490 e. The van der Waals surface area contributed by atoms with Crippen molar-refractivity contribution in [1.82, 2.24) is 4.90 Å². The molecule has 2 bridgehead atoms. The number of benzene rings is 2. The average Bonchev–Trinajstić information content (AvgIpc) is 3.18. The zero-order valence-electron chi connectivity index (χ0n) is 27.8. The van der Waals surface area contributed by atoms with E-state index in [1.807, 2.05) is 19.1 Å². The van der Waals surface area contributed by atoms with Crippen molar-refractivity contribution in [3.05, 3.63) is 70.8 Å². The Labute approximate surface area is 274 Å². The lowest BCUT2D eigenvalue weighted by atomic mass is 9.68. The molecule has 0 saturated heterocycles. The van der Waals surface area contributed by atoms with Crippen molar-refractivity contribution in [1.29, 1.82) is 0 Å². The van der Waals surface area contributed by atoms with Crippen molar-refractivity contribution >= 4 is 27.2 Å². The number of aryl methyl sites for hydroxylation is 2. The minimum absolute atomic E-state index is 0.00318. The van der Waals surface area contributed by atoms with Gasteiger partial charge in [-0.2, -0.15) is 4.36 Å². The Morgan fingerprint density at radius 3 is 2.80 bits per heavy atom. The lowest BCUT2D eigenvalue weighted by Crippen LogP contribution is -2.49. The average molecular weight is 648 g/mol. The summed E-state index contributed by atoms with van der Waals surface area (Å²) in [7, 11) is 0.345. The quantitative estimate of drug-likeness (QED) is 0.382. The Kier molecular flexibility index (Phi) is 9.62. The van der Waals surface area contributed by atoms with Gasteiger partial charge in [0.2, 0.25) is 5.91 Å². The summed E-state index contributed by atoms with van der Waals surface area (Å²) in [6.07, 6.45) is 11.0. The summed E-state index contributed by atoms with van der Waals surface area (Å²) in [6, 6.07) is 12.3. The van der Waals surface area contributed by atoms with E-state index in [4.69, 9.17) is 9.47 Å². The molecule has 1 fully saturated rings. The number of anilines is 1. The van der Waals surface area contributed by atoms with Crippen LogP contribution < -0.4 is 9.64 Å². The van der Waals surface area contributed by atoms with Gasteiger partial charge in [-0.3, -0.25) is 9.59 Å². The second kappa shape index (κ2) is 13.5. The van der Waals surface area contributed by atoms with E-state index in [0.717, 1.165) is 56.6 Å². The van der Waals surface area contributed by atoms with Crippen molar-refractivity contribution in [3.8, 4) is 5.75 Å². The molecule has 5 atom stereocenters. The zero-order valence-corrected chi connectivity index (χ0v) is 28.7. The molecule has 0 aromatic heterocycles. The molecule has 2 aliphatic heterocycles. The molecule has 4 aliphatic rings. The first-order chi connectivity index (χ1) is 22.1. The number of fused-ring (bicyclic) bond motifs is 4. The molecule has 2 aromatic rings. The molecular formula is C37H49N3O5S. The van der Waals surface area contributed by atoms with E-state index in [0.29, 0.717) is 43.4 Å². The summed E-state index contributed by atoms with van der Waals surface area (Å²) >= 11 is 0. The van der Waals surface area contributed by atoms with Crippen LogP contribution in [-0.2, 0) is 31.1 Å². The lowest BCUT2D eigenvalue weighted by Gasteiger charge is -2.46. The Morgan fingerprint density at radius 1 is 1.20 bits per heavy atom. The van der Waals surface area contributed by atoms with Crippen LogP contribution in [0.5, 0.6) is 5.75 Å². The summed E-state index contributed by atoms with van der Waals surface area (Å²) in [5.41, 5.74) is 5.15. The number of hydrogen-bond donors (Lipinski definition) is 0. The van der Waals surface area contributed by atoms with Gasteiger partial charge in [0.25, 0.3) is 5.91 Å². The highest BCUT2D eigenvalue weighted by Gasteiger charge is 2.44. The van der Waals surface area contributed by atoms with Gasteiger partial charge in [0, 0.05) is 50.5 Å². The summed E-state index contributed by atoms with van der Waals surface area (Å²) < 4.78 is 31.1. The van der Waals surface area contributed by atoms with Crippen LogP contribution in [0.25, 0.3) is 0 Å². The molecule has 9 heteroatoms. The van der Waals surface area contributed by atoms with Gasteiger partial charge in [0.05, 0.1) is 28.1 Å². The molecule has 2 amide bonds. The number of allylic oxidation sites excluding steroid dienone is 1. The fourth-order valence-corrected chi connectivity index (χ4v) is 9.76. The SMILES string of the molecule is CCN(C)C(=O)C[S@@]1(=O)=NC(=O)c2ccc3c(c2)N(C[C@@H]2CC[C@H]2[C@@H](OC)/C=C/CCC1)C[C@@]1(CCCc2cc(C)ccc21)CO3. The Morgan fingerprint density at radius 2 is 2.04 bits per heavy atom. The van der Waals surface area contributed by atoms with Crippen LogP contribution in [0.4, 0.5) is 5.69 Å². The van der Waals surface area contributed by atoms with Gasteiger partial charge in [-0.05, 0) is 100.0 Å². The third-order valence-electron chi connectivity index (χ3n) is 10.8. The molecule has 0 N–H and O–H groups in total. The number of carbonyl (C=O) groups is 2. The van der Waals surface area contributed by atoms with E-state index >= 15 is 0 Å². The van der Waals surface area contributed by atoms with Gasteiger partial charge in [0.1, 0.15) is 11.5 Å². The molecule has 0 radical (unpaired) electrons. The fraction of sp³-hybridized carbons (Fsp3) is 0.568. The first kappa shape index (κ1) is 32.8. The van der Waals surface area contributed by atoms with Crippen molar-refractivity contribution in [2.24, 2.45) is 16.2 Å². The predicted molar refractivity (Wildman–Crippen MR) is 183 cm³/mol. The highest BCUT2D eigenvalue weighted by Crippen LogP contribution is 2.46. The minimum atomic E-state index is -3.12. The van der Waals surface area contributed by atoms with Crippen LogP contribution in [-0.4, -0.2) is 78.9 Å². The summed E-state index contributed by atoms with van der Waals surface area (Å²) in [5, 5.41) is 0. The van der Waals surface area contributed by atoms with Gasteiger partial charge in [-0.25, -0.2) is 4.21 Å². The number of rotatable bonds is 4. The monoisotopic (exact) mass is 647 g/mol. The molecule has 2 aliphatic carbocycles. The topological polar surface area (TPSA) is 88.5 Å². The number of carbonyl (C=O) groups excluding carboxylic acids is 2. The number of methoxy groups -OCH3 is 1. The van der Waals surface area contributed by atoms with Gasteiger partial charge in [-0.1, -0.05) is 35.9 Å². The number of nitrogens with zero attached hydrogens (tertiary/aromatic N) is 3. The molecule has 8 nitrogen and oxygen atoms in total. The van der Waals surface area contributed by atoms with Crippen LogP contribution >= 0.6 is 0 Å². The maximum Gasteiger partial charge on any atom is 0.285 e. The van der Waals surface area contributed by atoms with Crippen LogP contribution in [0, 0.1) is 18.8 Å². The highest BCUT2D eigenvalue weighted by atomic mass is 32.2. The van der Waals surface area contributed by atoms with Gasteiger partial charge in [0.15, 0.2) is 0 Å². The van der Waals surface area contributed by atoms with Gasteiger partial charge >= 0.3 is 0 Å². The van der Waals surface area contributed by atoms with E-state index in [1.54, 1.807) is 20.2 Å². The Hall–Kier alpha value is -3.17. The van der Waals surface area contributed by atoms with E-state index in [1.165, 1.54) is 21.6 Å². The molecule has 2 aromatic carbocycles.